The minimum Gasteiger partial charge on any atom is -0.740 e. The molecule has 0 fully saturated rings. The summed E-state index contributed by atoms with van der Waals surface area (Å²) in [6.07, 6.45) is 0. The van der Waals surface area contributed by atoms with E-state index in [2.05, 4.69) is 4.18 Å². The van der Waals surface area contributed by atoms with Crippen LogP contribution in [0.15, 0.2) is 12.1 Å². The predicted molar refractivity (Wildman–Crippen MR) is 51.8 cm³/mol. The Morgan fingerprint density at radius 3 is 2.53 bits per heavy atom. The second kappa shape index (κ2) is 4.15. The molecule has 1 aromatic carbocycles. The van der Waals surface area contributed by atoms with Crippen molar-refractivity contribution in [2.24, 2.45) is 0 Å². The Hall–Kier alpha value is -1.80. The second-order valence-electron chi connectivity index (χ2n) is 2.54. The lowest BCUT2D eigenvalue weighted by Crippen LogP contribution is -2.09. The standard InChI is InChI=1S/C7H8N2O5S/c8-4-2-1-3(7(10)11)6(5(4)9)14-15(12)13/h1-2H,8-9H2,(H,10,11)(H,12,13)/p-1. The third kappa shape index (κ3) is 2.36. The average Bonchev–Trinajstić information content (AvgIpc) is 2.12. The Morgan fingerprint density at radius 2 is 2.07 bits per heavy atom. The predicted octanol–water partition coefficient (Wildman–Crippen LogP) is -0.278. The average molecular weight is 231 g/mol. The van der Waals surface area contributed by atoms with Gasteiger partial charge in [-0.1, -0.05) is 0 Å². The quantitative estimate of drug-likeness (QED) is 0.480. The zero-order valence-corrected chi connectivity index (χ0v) is 8.11. The first kappa shape index (κ1) is 11.3. The van der Waals surface area contributed by atoms with E-state index < -0.39 is 23.1 Å². The summed E-state index contributed by atoms with van der Waals surface area (Å²) in [5.41, 5.74) is 10.2. The van der Waals surface area contributed by atoms with Gasteiger partial charge in [-0.15, -0.1) is 0 Å². The molecule has 0 aromatic heterocycles. The maximum atomic E-state index is 10.7. The molecule has 5 N–H and O–H groups in total. The highest BCUT2D eigenvalue weighted by atomic mass is 32.2. The number of carboxylic acid groups (broad SMARTS) is 1. The fraction of sp³-hybridized carbons (Fsp3) is 0. The van der Waals surface area contributed by atoms with Crippen LogP contribution in [0.2, 0.25) is 0 Å². The first-order valence-electron chi connectivity index (χ1n) is 3.62. The van der Waals surface area contributed by atoms with Crippen molar-refractivity contribution in [1.29, 1.82) is 0 Å². The molecule has 0 aliphatic heterocycles. The molecule has 0 aliphatic rings. The summed E-state index contributed by atoms with van der Waals surface area (Å²) in [5, 5.41) is 8.72. The van der Waals surface area contributed by atoms with Gasteiger partial charge in [0.25, 0.3) is 0 Å². The summed E-state index contributed by atoms with van der Waals surface area (Å²) in [6.45, 7) is 0. The van der Waals surface area contributed by atoms with E-state index in [1.807, 2.05) is 0 Å². The van der Waals surface area contributed by atoms with Crippen LogP contribution in [-0.4, -0.2) is 19.8 Å². The van der Waals surface area contributed by atoms with E-state index in [0.29, 0.717) is 0 Å². The van der Waals surface area contributed by atoms with Crippen molar-refractivity contribution in [3.05, 3.63) is 17.7 Å². The topological polar surface area (TPSA) is 139 Å². The molecule has 0 spiro atoms. The molecule has 1 rings (SSSR count). The number of hydrogen-bond donors (Lipinski definition) is 3. The number of hydrogen-bond acceptors (Lipinski definition) is 6. The van der Waals surface area contributed by atoms with E-state index in [1.54, 1.807) is 0 Å². The van der Waals surface area contributed by atoms with Crippen molar-refractivity contribution in [2.45, 2.75) is 0 Å². The van der Waals surface area contributed by atoms with Crippen LogP contribution in [0.1, 0.15) is 10.4 Å². The van der Waals surface area contributed by atoms with Gasteiger partial charge in [-0.3, -0.25) is 0 Å². The van der Waals surface area contributed by atoms with Crippen LogP contribution in [0.3, 0.4) is 0 Å². The zero-order chi connectivity index (χ0) is 11.6. The number of anilines is 2. The number of aromatic carboxylic acids is 1. The third-order valence-corrected chi connectivity index (χ3v) is 1.91. The molecule has 82 valence electrons. The molecule has 0 bridgehead atoms. The highest BCUT2D eigenvalue weighted by molar-refractivity contribution is 7.74. The molecular formula is C7H7N2O5S-. The van der Waals surface area contributed by atoms with Gasteiger partial charge in [0.2, 0.25) is 0 Å². The molecule has 8 heteroatoms. The Balaban J connectivity index is 3.34. The van der Waals surface area contributed by atoms with Crippen molar-refractivity contribution in [3.8, 4) is 5.75 Å². The molecule has 1 aromatic rings. The molecule has 0 saturated carbocycles. The summed E-state index contributed by atoms with van der Waals surface area (Å²) >= 11 is -2.91. The van der Waals surface area contributed by atoms with E-state index in [1.165, 1.54) is 6.07 Å². The van der Waals surface area contributed by atoms with Crippen molar-refractivity contribution in [3.63, 3.8) is 0 Å². The molecule has 0 saturated heterocycles. The summed E-state index contributed by atoms with van der Waals surface area (Å²) in [6, 6.07) is 2.36. The van der Waals surface area contributed by atoms with Gasteiger partial charge in [0.15, 0.2) is 5.75 Å². The van der Waals surface area contributed by atoms with E-state index in [0.717, 1.165) is 6.07 Å². The second-order valence-corrected chi connectivity index (χ2v) is 3.11. The van der Waals surface area contributed by atoms with Crippen LogP contribution in [0.4, 0.5) is 11.4 Å². The van der Waals surface area contributed by atoms with Gasteiger partial charge in [0.05, 0.1) is 5.69 Å². The smallest absolute Gasteiger partial charge is 0.339 e. The molecular weight excluding hydrogens is 224 g/mol. The van der Waals surface area contributed by atoms with Crippen LogP contribution in [0, 0.1) is 0 Å². The maximum Gasteiger partial charge on any atom is 0.339 e. The Labute approximate surface area is 87.1 Å². The number of carboxylic acids is 1. The molecule has 1 unspecified atom stereocenters. The number of nitrogen functional groups attached to an aromatic ring is 2. The monoisotopic (exact) mass is 231 g/mol. The largest absolute Gasteiger partial charge is 0.740 e. The molecule has 1 atom stereocenters. The highest BCUT2D eigenvalue weighted by Gasteiger charge is 2.16. The minimum atomic E-state index is -2.91. The molecule has 0 heterocycles. The lowest BCUT2D eigenvalue weighted by Gasteiger charge is -2.13. The lowest BCUT2D eigenvalue weighted by atomic mass is 10.1. The van der Waals surface area contributed by atoms with Gasteiger partial charge >= 0.3 is 5.97 Å². The molecule has 0 aliphatic carbocycles. The van der Waals surface area contributed by atoms with Crippen molar-refractivity contribution < 1.29 is 22.8 Å². The zero-order valence-electron chi connectivity index (χ0n) is 7.30. The normalized spacial score (nSPS) is 12.1. The van der Waals surface area contributed by atoms with Gasteiger partial charge < -0.3 is 25.3 Å². The molecule has 0 radical (unpaired) electrons. The number of rotatable bonds is 3. The lowest BCUT2D eigenvalue weighted by molar-refractivity contribution is 0.0695. The highest BCUT2D eigenvalue weighted by Crippen LogP contribution is 2.32. The summed E-state index contributed by atoms with van der Waals surface area (Å²) in [5.74, 6) is -1.84. The number of benzene rings is 1. The Kier molecular flexibility index (Phi) is 3.12. The molecule has 0 amide bonds. The summed E-state index contributed by atoms with van der Waals surface area (Å²) in [4.78, 5) is 10.7. The Morgan fingerprint density at radius 1 is 1.47 bits per heavy atom. The van der Waals surface area contributed by atoms with Crippen LogP contribution < -0.4 is 15.7 Å². The maximum absolute atomic E-state index is 10.7. The van der Waals surface area contributed by atoms with Crippen molar-refractivity contribution in [1.82, 2.24) is 0 Å². The van der Waals surface area contributed by atoms with Crippen molar-refractivity contribution in [2.75, 3.05) is 11.5 Å². The van der Waals surface area contributed by atoms with Crippen LogP contribution in [0.5, 0.6) is 5.75 Å². The SMILES string of the molecule is Nc1ccc(C(=O)O)c(OS(=O)[O-])c1N. The fourth-order valence-corrected chi connectivity index (χ4v) is 1.26. The van der Waals surface area contributed by atoms with Crippen LogP contribution in [-0.2, 0) is 11.4 Å². The first-order valence-corrected chi connectivity index (χ1v) is 4.62. The van der Waals surface area contributed by atoms with Gasteiger partial charge in [0, 0.05) is 0 Å². The van der Waals surface area contributed by atoms with Gasteiger partial charge in [-0.25, -0.2) is 9.00 Å². The van der Waals surface area contributed by atoms with Gasteiger partial charge in [-0.05, 0) is 12.1 Å². The van der Waals surface area contributed by atoms with Crippen LogP contribution in [0.25, 0.3) is 0 Å². The first-order chi connectivity index (χ1) is 6.93. The number of nitrogens with two attached hydrogens (primary N) is 2. The summed E-state index contributed by atoms with van der Waals surface area (Å²) in [7, 11) is 0. The molecule has 15 heavy (non-hydrogen) atoms. The van der Waals surface area contributed by atoms with E-state index >= 15 is 0 Å². The van der Waals surface area contributed by atoms with Crippen LogP contribution >= 0.6 is 0 Å². The van der Waals surface area contributed by atoms with Crippen molar-refractivity contribution >= 4 is 28.7 Å². The van der Waals surface area contributed by atoms with E-state index in [9.17, 15) is 13.6 Å². The molecule has 7 nitrogen and oxygen atoms in total. The van der Waals surface area contributed by atoms with Gasteiger partial charge in [-0.2, -0.15) is 0 Å². The van der Waals surface area contributed by atoms with Gasteiger partial charge in [0.1, 0.15) is 22.6 Å². The summed E-state index contributed by atoms with van der Waals surface area (Å²) < 4.78 is 24.8. The third-order valence-electron chi connectivity index (χ3n) is 1.61. The number of carbonyl (C=O) groups is 1. The fourth-order valence-electron chi connectivity index (χ4n) is 0.941. The Bertz CT molecular complexity index is 434. The minimum absolute atomic E-state index is 0.0421. The van der Waals surface area contributed by atoms with E-state index in [4.69, 9.17) is 16.6 Å². The van der Waals surface area contributed by atoms with E-state index in [-0.39, 0.29) is 16.9 Å².